The molecule has 0 unspecified atom stereocenters. The molecular formula is C20H34OS. The van der Waals surface area contributed by atoms with Crippen molar-refractivity contribution in [3.63, 3.8) is 0 Å². The molecule has 0 aromatic heterocycles. The van der Waals surface area contributed by atoms with Crippen molar-refractivity contribution in [3.05, 3.63) is 35.4 Å². The molecule has 1 nitrogen and oxygen atoms in total. The molecule has 1 aliphatic rings. The normalized spacial score (nSPS) is 14.1. The van der Waals surface area contributed by atoms with Crippen LogP contribution in [0.15, 0.2) is 24.3 Å². The van der Waals surface area contributed by atoms with Gasteiger partial charge in [-0.2, -0.15) is 11.8 Å². The predicted octanol–water partition coefficient (Wildman–Crippen LogP) is 6.42. The lowest BCUT2D eigenvalue weighted by atomic mass is 9.80. The molecule has 0 saturated heterocycles. The van der Waals surface area contributed by atoms with E-state index in [4.69, 9.17) is 4.74 Å². The standard InChI is InChI=1S/C12H16S.C8H18O/c1-13-9-10-5-7-12(8-6-10)11-3-2-4-11;1-3-4-5-6-7-8-9-2/h5-8,11H,2-4,9H2,1H3;3-8H2,1-2H3. The van der Waals surface area contributed by atoms with E-state index in [0.29, 0.717) is 0 Å². The van der Waals surface area contributed by atoms with Crippen molar-refractivity contribution in [1.29, 1.82) is 0 Å². The second-order valence-corrected chi connectivity index (χ2v) is 7.08. The Labute approximate surface area is 142 Å². The zero-order chi connectivity index (χ0) is 16.0. The van der Waals surface area contributed by atoms with E-state index in [1.807, 2.05) is 11.8 Å². The van der Waals surface area contributed by atoms with Crippen molar-refractivity contribution in [3.8, 4) is 0 Å². The summed E-state index contributed by atoms with van der Waals surface area (Å²) in [7, 11) is 1.76. The fourth-order valence-electron chi connectivity index (χ4n) is 2.64. The average Bonchev–Trinajstić information content (AvgIpc) is 2.48. The van der Waals surface area contributed by atoms with Crippen molar-refractivity contribution in [2.75, 3.05) is 20.0 Å². The summed E-state index contributed by atoms with van der Waals surface area (Å²) in [5, 5.41) is 0. The van der Waals surface area contributed by atoms with Crippen LogP contribution in [0.3, 0.4) is 0 Å². The van der Waals surface area contributed by atoms with Crippen LogP contribution < -0.4 is 0 Å². The topological polar surface area (TPSA) is 9.23 Å². The molecule has 126 valence electrons. The van der Waals surface area contributed by atoms with Gasteiger partial charge in [0.05, 0.1) is 0 Å². The molecule has 22 heavy (non-hydrogen) atoms. The van der Waals surface area contributed by atoms with Crippen LogP contribution >= 0.6 is 11.8 Å². The lowest BCUT2D eigenvalue weighted by Gasteiger charge is -2.25. The summed E-state index contributed by atoms with van der Waals surface area (Å²) in [6.07, 6.45) is 13.0. The molecule has 0 N–H and O–H groups in total. The number of unbranched alkanes of at least 4 members (excludes halogenated alkanes) is 4. The van der Waals surface area contributed by atoms with E-state index in [2.05, 4.69) is 37.4 Å². The molecular weight excluding hydrogens is 288 g/mol. The van der Waals surface area contributed by atoms with Gasteiger partial charge in [0, 0.05) is 19.5 Å². The Morgan fingerprint density at radius 2 is 1.73 bits per heavy atom. The summed E-state index contributed by atoms with van der Waals surface area (Å²) in [5.41, 5.74) is 3.01. The van der Waals surface area contributed by atoms with Gasteiger partial charge in [0.25, 0.3) is 0 Å². The van der Waals surface area contributed by atoms with Crippen molar-refractivity contribution < 1.29 is 4.74 Å². The third-order valence-electron chi connectivity index (χ3n) is 4.32. The number of rotatable bonds is 9. The third-order valence-corrected chi connectivity index (χ3v) is 4.94. The van der Waals surface area contributed by atoms with Gasteiger partial charge in [0.2, 0.25) is 0 Å². The zero-order valence-electron chi connectivity index (χ0n) is 14.8. The Morgan fingerprint density at radius 1 is 1.05 bits per heavy atom. The average molecular weight is 323 g/mol. The van der Waals surface area contributed by atoms with Gasteiger partial charge in [-0.05, 0) is 42.6 Å². The first kappa shape index (κ1) is 19.6. The lowest BCUT2D eigenvalue weighted by Crippen LogP contribution is -2.08. The second kappa shape index (κ2) is 13.0. The second-order valence-electron chi connectivity index (χ2n) is 6.21. The number of benzene rings is 1. The summed E-state index contributed by atoms with van der Waals surface area (Å²) in [6.45, 7) is 3.17. The minimum atomic E-state index is 0.878. The Morgan fingerprint density at radius 3 is 2.23 bits per heavy atom. The van der Waals surface area contributed by atoms with Crippen molar-refractivity contribution in [2.24, 2.45) is 0 Å². The van der Waals surface area contributed by atoms with E-state index < -0.39 is 0 Å². The van der Waals surface area contributed by atoms with Crippen LogP contribution in [0.2, 0.25) is 0 Å². The first-order chi connectivity index (χ1) is 10.8. The highest BCUT2D eigenvalue weighted by molar-refractivity contribution is 7.97. The van der Waals surface area contributed by atoms with Gasteiger partial charge in [-0.1, -0.05) is 63.3 Å². The van der Waals surface area contributed by atoms with Gasteiger partial charge in [-0.3, -0.25) is 0 Å². The largest absolute Gasteiger partial charge is 0.385 e. The lowest BCUT2D eigenvalue weighted by molar-refractivity contribution is 0.192. The molecule has 1 aromatic carbocycles. The smallest absolute Gasteiger partial charge is 0.0462 e. The summed E-state index contributed by atoms with van der Waals surface area (Å²) >= 11 is 1.89. The minimum Gasteiger partial charge on any atom is -0.385 e. The molecule has 0 amide bonds. The Balaban J connectivity index is 0.000000239. The maximum Gasteiger partial charge on any atom is 0.0462 e. The van der Waals surface area contributed by atoms with Crippen molar-refractivity contribution >= 4 is 11.8 Å². The number of thioether (sulfide) groups is 1. The maximum atomic E-state index is 4.92. The Bertz CT molecular complexity index is 350. The van der Waals surface area contributed by atoms with Crippen LogP contribution in [-0.4, -0.2) is 20.0 Å². The zero-order valence-corrected chi connectivity index (χ0v) is 15.6. The molecule has 1 saturated carbocycles. The van der Waals surface area contributed by atoms with E-state index in [9.17, 15) is 0 Å². The monoisotopic (exact) mass is 322 g/mol. The van der Waals surface area contributed by atoms with Gasteiger partial charge in [-0.15, -0.1) is 0 Å². The molecule has 0 atom stereocenters. The maximum absolute atomic E-state index is 4.92. The number of hydrogen-bond acceptors (Lipinski definition) is 2. The number of methoxy groups -OCH3 is 1. The fraction of sp³-hybridized carbons (Fsp3) is 0.700. The molecule has 0 aliphatic heterocycles. The molecule has 1 aliphatic carbocycles. The first-order valence-corrected chi connectivity index (χ1v) is 10.3. The molecule has 0 radical (unpaired) electrons. The highest BCUT2D eigenvalue weighted by Crippen LogP contribution is 2.36. The summed E-state index contributed by atoms with van der Waals surface area (Å²) in [4.78, 5) is 0. The van der Waals surface area contributed by atoms with E-state index in [1.165, 1.54) is 56.9 Å². The summed E-state index contributed by atoms with van der Waals surface area (Å²) in [6, 6.07) is 9.19. The van der Waals surface area contributed by atoms with Gasteiger partial charge >= 0.3 is 0 Å². The number of ether oxygens (including phenoxy) is 1. The van der Waals surface area contributed by atoms with Crippen LogP contribution in [-0.2, 0) is 10.5 Å². The molecule has 2 rings (SSSR count). The van der Waals surface area contributed by atoms with E-state index in [0.717, 1.165) is 18.3 Å². The SMILES string of the molecule is CCCCCCCOC.CSCc1ccc(C2CCC2)cc1. The van der Waals surface area contributed by atoms with E-state index in [-0.39, 0.29) is 0 Å². The summed E-state index contributed by atoms with van der Waals surface area (Å²) < 4.78 is 4.92. The molecule has 0 heterocycles. The van der Waals surface area contributed by atoms with Gasteiger partial charge in [-0.25, -0.2) is 0 Å². The Hall–Kier alpha value is -0.470. The Kier molecular flexibility index (Phi) is 11.6. The van der Waals surface area contributed by atoms with Crippen LogP contribution in [0.4, 0.5) is 0 Å². The van der Waals surface area contributed by atoms with Gasteiger partial charge in [0.1, 0.15) is 0 Å². The predicted molar refractivity (Wildman–Crippen MR) is 101 cm³/mol. The molecule has 2 heteroatoms. The van der Waals surface area contributed by atoms with Crippen molar-refractivity contribution in [1.82, 2.24) is 0 Å². The third kappa shape index (κ3) is 8.24. The number of hydrogen-bond donors (Lipinski definition) is 0. The molecule has 1 fully saturated rings. The molecule has 0 bridgehead atoms. The molecule has 0 spiro atoms. The van der Waals surface area contributed by atoms with E-state index in [1.54, 1.807) is 12.7 Å². The van der Waals surface area contributed by atoms with Gasteiger partial charge in [0.15, 0.2) is 0 Å². The quantitative estimate of drug-likeness (QED) is 0.485. The van der Waals surface area contributed by atoms with Crippen LogP contribution in [0.25, 0.3) is 0 Å². The fourth-order valence-corrected chi connectivity index (χ4v) is 3.17. The highest BCUT2D eigenvalue weighted by atomic mass is 32.2. The summed E-state index contributed by atoms with van der Waals surface area (Å²) in [5.74, 6) is 2.02. The van der Waals surface area contributed by atoms with Crippen LogP contribution in [0.1, 0.15) is 75.3 Å². The van der Waals surface area contributed by atoms with Crippen LogP contribution in [0, 0.1) is 0 Å². The van der Waals surface area contributed by atoms with Crippen molar-refractivity contribution in [2.45, 2.75) is 70.0 Å². The highest BCUT2D eigenvalue weighted by Gasteiger charge is 2.18. The van der Waals surface area contributed by atoms with E-state index >= 15 is 0 Å². The first-order valence-electron chi connectivity index (χ1n) is 8.88. The van der Waals surface area contributed by atoms with Gasteiger partial charge < -0.3 is 4.74 Å². The minimum absolute atomic E-state index is 0.878. The van der Waals surface area contributed by atoms with Crippen LogP contribution in [0.5, 0.6) is 0 Å². The molecule has 1 aromatic rings.